The van der Waals surface area contributed by atoms with Gasteiger partial charge in [-0.2, -0.15) is 4.57 Å². The maximum atomic E-state index is 9.42. The number of fused-ring (bicyclic) bond motifs is 1. The van der Waals surface area contributed by atoms with Crippen molar-refractivity contribution >= 4 is 10.8 Å². The molecule has 0 aliphatic rings. The zero-order valence-electron chi connectivity index (χ0n) is 14.5. The van der Waals surface area contributed by atoms with Gasteiger partial charge in [0.25, 0.3) is 0 Å². The van der Waals surface area contributed by atoms with Crippen LogP contribution in [0.25, 0.3) is 16.5 Å². The number of aliphatic hydroxyl groups excluding tert-OH is 1. The van der Waals surface area contributed by atoms with Crippen molar-refractivity contribution in [2.45, 2.75) is 20.5 Å². The van der Waals surface area contributed by atoms with E-state index in [9.17, 15) is 5.11 Å². The van der Waals surface area contributed by atoms with Crippen molar-refractivity contribution in [3.05, 3.63) is 59.4 Å². The Labute approximate surface area is 141 Å². The van der Waals surface area contributed by atoms with Crippen molar-refractivity contribution in [1.29, 1.82) is 0 Å². The summed E-state index contributed by atoms with van der Waals surface area (Å²) in [6.45, 7) is 4.18. The number of rotatable bonds is 4. The Kier molecular flexibility index (Phi) is 4.40. The lowest BCUT2D eigenvalue weighted by atomic mass is 10.1. The van der Waals surface area contributed by atoms with E-state index in [-0.39, 0.29) is 6.61 Å². The molecule has 124 valence electrons. The fraction of sp³-hybridized carbons (Fsp3) is 0.250. The molecule has 0 aliphatic carbocycles. The van der Waals surface area contributed by atoms with Crippen LogP contribution in [0.1, 0.15) is 17.0 Å². The summed E-state index contributed by atoms with van der Waals surface area (Å²) in [5.41, 5.74) is 4.10. The van der Waals surface area contributed by atoms with Gasteiger partial charge in [-0.15, -0.1) is 0 Å². The number of aromatic nitrogens is 1. The van der Waals surface area contributed by atoms with E-state index >= 15 is 0 Å². The average molecular weight is 324 g/mol. The van der Waals surface area contributed by atoms with Crippen molar-refractivity contribution in [2.75, 3.05) is 14.2 Å². The molecule has 0 atom stereocenters. The molecule has 1 heterocycles. The molecule has 0 radical (unpaired) electrons. The Hall–Kier alpha value is -2.59. The summed E-state index contributed by atoms with van der Waals surface area (Å²) in [6, 6.07) is 14.0. The van der Waals surface area contributed by atoms with Crippen LogP contribution in [0.15, 0.2) is 42.5 Å². The summed E-state index contributed by atoms with van der Waals surface area (Å²) in [5.74, 6) is 1.56. The second-order valence-electron chi connectivity index (χ2n) is 5.83. The molecule has 1 N–H and O–H groups in total. The van der Waals surface area contributed by atoms with Gasteiger partial charge in [0.05, 0.1) is 26.2 Å². The zero-order chi connectivity index (χ0) is 17.3. The van der Waals surface area contributed by atoms with Crippen molar-refractivity contribution in [3.8, 4) is 17.2 Å². The second kappa shape index (κ2) is 6.49. The van der Waals surface area contributed by atoms with E-state index in [4.69, 9.17) is 9.47 Å². The standard InChI is InChI=1S/C20H22NO3/c1-13-8-16-10-18(23-3)11-19(24-4)20(16)14(2)21(13)17-7-5-6-15(9-17)12-22/h5-11,22H,12H2,1-4H3/q+1. The third-order valence-corrected chi connectivity index (χ3v) is 4.33. The van der Waals surface area contributed by atoms with Crippen LogP contribution in [-0.4, -0.2) is 19.3 Å². The van der Waals surface area contributed by atoms with Gasteiger partial charge >= 0.3 is 0 Å². The first-order chi connectivity index (χ1) is 11.6. The first-order valence-corrected chi connectivity index (χ1v) is 7.87. The highest BCUT2D eigenvalue weighted by Crippen LogP contribution is 2.33. The SMILES string of the molecule is COc1cc(OC)c2c(C)[n+](-c3cccc(CO)c3)c(C)cc2c1. The molecule has 0 saturated carbocycles. The number of pyridine rings is 1. The predicted molar refractivity (Wildman–Crippen MR) is 94.0 cm³/mol. The van der Waals surface area contributed by atoms with E-state index in [2.05, 4.69) is 24.5 Å². The first-order valence-electron chi connectivity index (χ1n) is 7.87. The van der Waals surface area contributed by atoms with Crippen LogP contribution in [0, 0.1) is 13.8 Å². The van der Waals surface area contributed by atoms with Crippen LogP contribution in [0.4, 0.5) is 0 Å². The molecule has 0 saturated heterocycles. The highest BCUT2D eigenvalue weighted by molar-refractivity contribution is 5.91. The Morgan fingerprint density at radius 2 is 1.79 bits per heavy atom. The Bertz CT molecular complexity index is 903. The largest absolute Gasteiger partial charge is 0.497 e. The molecule has 0 fully saturated rings. The normalized spacial score (nSPS) is 10.9. The fourth-order valence-corrected chi connectivity index (χ4v) is 3.25. The Morgan fingerprint density at radius 3 is 2.46 bits per heavy atom. The van der Waals surface area contributed by atoms with Gasteiger partial charge in [0.15, 0.2) is 11.4 Å². The van der Waals surface area contributed by atoms with Gasteiger partial charge in [-0.05, 0) is 11.6 Å². The fourth-order valence-electron chi connectivity index (χ4n) is 3.25. The number of methoxy groups -OCH3 is 2. The number of hydrogen-bond donors (Lipinski definition) is 1. The van der Waals surface area contributed by atoms with Crippen molar-refractivity contribution in [3.63, 3.8) is 0 Å². The second-order valence-corrected chi connectivity index (χ2v) is 5.83. The van der Waals surface area contributed by atoms with Crippen molar-refractivity contribution < 1.29 is 19.1 Å². The molecule has 0 amide bonds. The summed E-state index contributed by atoms with van der Waals surface area (Å²) in [4.78, 5) is 0. The highest BCUT2D eigenvalue weighted by atomic mass is 16.5. The Balaban J connectivity index is 2.33. The van der Waals surface area contributed by atoms with E-state index < -0.39 is 0 Å². The van der Waals surface area contributed by atoms with Crippen molar-refractivity contribution in [1.82, 2.24) is 0 Å². The third-order valence-electron chi connectivity index (χ3n) is 4.33. The van der Waals surface area contributed by atoms with E-state index in [0.717, 1.165) is 44.9 Å². The first kappa shape index (κ1) is 16.3. The van der Waals surface area contributed by atoms with Crippen molar-refractivity contribution in [2.24, 2.45) is 0 Å². The summed E-state index contributed by atoms with van der Waals surface area (Å²) >= 11 is 0. The van der Waals surface area contributed by atoms with Crippen LogP contribution < -0.4 is 14.0 Å². The van der Waals surface area contributed by atoms with Gasteiger partial charge in [-0.3, -0.25) is 0 Å². The van der Waals surface area contributed by atoms with Crippen LogP contribution >= 0.6 is 0 Å². The summed E-state index contributed by atoms with van der Waals surface area (Å²) in [7, 11) is 3.33. The molecule has 0 aliphatic heterocycles. The van der Waals surface area contributed by atoms with Crippen LogP contribution in [0.5, 0.6) is 11.5 Å². The molecule has 4 nitrogen and oxygen atoms in total. The molecule has 0 spiro atoms. The van der Waals surface area contributed by atoms with Crippen LogP contribution in [0.3, 0.4) is 0 Å². The smallest absolute Gasteiger partial charge is 0.211 e. The number of hydrogen-bond acceptors (Lipinski definition) is 3. The van der Waals surface area contributed by atoms with E-state index in [1.54, 1.807) is 14.2 Å². The van der Waals surface area contributed by atoms with Crippen LogP contribution in [-0.2, 0) is 6.61 Å². The third kappa shape index (κ3) is 2.69. The topological polar surface area (TPSA) is 42.6 Å². The number of nitrogens with zero attached hydrogens (tertiary/aromatic N) is 1. The minimum absolute atomic E-state index is 0.0284. The predicted octanol–water partition coefficient (Wildman–Crippen LogP) is 3.24. The number of aryl methyl sites for hydroxylation is 2. The van der Waals surface area contributed by atoms with E-state index in [1.165, 1.54) is 0 Å². The molecule has 24 heavy (non-hydrogen) atoms. The zero-order valence-corrected chi connectivity index (χ0v) is 14.5. The Morgan fingerprint density at radius 1 is 1.00 bits per heavy atom. The number of aliphatic hydroxyl groups is 1. The number of ether oxygens (including phenoxy) is 2. The molecule has 0 bridgehead atoms. The summed E-state index contributed by atoms with van der Waals surface area (Å²) < 4.78 is 13.1. The molecule has 2 aromatic carbocycles. The summed E-state index contributed by atoms with van der Waals surface area (Å²) in [6.07, 6.45) is 0. The van der Waals surface area contributed by atoms with Crippen LogP contribution in [0.2, 0.25) is 0 Å². The van der Waals surface area contributed by atoms with Gasteiger partial charge < -0.3 is 14.6 Å². The lowest BCUT2D eigenvalue weighted by Gasteiger charge is -2.12. The molecule has 3 rings (SSSR count). The minimum atomic E-state index is 0.0284. The lowest BCUT2D eigenvalue weighted by molar-refractivity contribution is -0.607. The average Bonchev–Trinajstić information content (AvgIpc) is 2.60. The van der Waals surface area contributed by atoms with Gasteiger partial charge in [0.1, 0.15) is 11.5 Å². The van der Waals surface area contributed by atoms with E-state index in [1.807, 2.05) is 36.4 Å². The quantitative estimate of drug-likeness (QED) is 0.749. The minimum Gasteiger partial charge on any atom is -0.497 e. The lowest BCUT2D eigenvalue weighted by Crippen LogP contribution is -2.38. The summed E-state index contributed by atoms with van der Waals surface area (Å²) in [5, 5.41) is 11.5. The molecule has 4 heteroatoms. The van der Waals surface area contributed by atoms with Gasteiger partial charge in [-0.25, -0.2) is 0 Å². The maximum absolute atomic E-state index is 9.42. The maximum Gasteiger partial charge on any atom is 0.211 e. The molecular weight excluding hydrogens is 302 g/mol. The number of benzene rings is 2. The highest BCUT2D eigenvalue weighted by Gasteiger charge is 2.21. The van der Waals surface area contributed by atoms with Gasteiger partial charge in [-0.1, -0.05) is 12.1 Å². The molecule has 3 aromatic rings. The van der Waals surface area contributed by atoms with Gasteiger partial charge in [0, 0.05) is 43.5 Å². The molecular formula is C20H22NO3+. The van der Waals surface area contributed by atoms with E-state index in [0.29, 0.717) is 0 Å². The monoisotopic (exact) mass is 324 g/mol. The molecule has 1 aromatic heterocycles. The van der Waals surface area contributed by atoms with Gasteiger partial charge in [0.2, 0.25) is 5.69 Å². The molecule has 0 unspecified atom stereocenters.